The quantitative estimate of drug-likeness (QED) is 0.327. The highest BCUT2D eigenvalue weighted by Gasteiger charge is 2.21. The van der Waals surface area contributed by atoms with E-state index in [9.17, 15) is 5.21 Å². The van der Waals surface area contributed by atoms with Crippen LogP contribution in [0.4, 0.5) is 5.82 Å². The molecule has 2 aromatic rings. The summed E-state index contributed by atoms with van der Waals surface area (Å²) in [4.78, 5) is 4.45. The van der Waals surface area contributed by atoms with Gasteiger partial charge in [-0.2, -0.15) is 0 Å². The lowest BCUT2D eigenvalue weighted by Crippen LogP contribution is -2.39. The minimum absolute atomic E-state index is 0.0479. The fourth-order valence-corrected chi connectivity index (χ4v) is 2.34. The summed E-state index contributed by atoms with van der Waals surface area (Å²) in [5.74, 6) is 0.620. The highest BCUT2D eigenvalue weighted by molar-refractivity contribution is 5.33. The molecule has 6 heteroatoms. The van der Waals surface area contributed by atoms with E-state index in [1.165, 1.54) is 0 Å². The molecule has 0 radical (unpaired) electrons. The van der Waals surface area contributed by atoms with E-state index in [-0.39, 0.29) is 18.3 Å². The molecule has 2 rings (SSSR count). The number of hydrogen-bond donors (Lipinski definition) is 1. The molecule has 134 valence electrons. The lowest BCUT2D eigenvalue weighted by Gasteiger charge is -2.19. The van der Waals surface area contributed by atoms with Crippen LogP contribution in [0, 0.1) is 11.1 Å². The van der Waals surface area contributed by atoms with Gasteiger partial charge in [-0.1, -0.05) is 50.3 Å². The number of hydrogen-bond acceptors (Lipinski definition) is 5. The van der Waals surface area contributed by atoms with E-state index in [0.29, 0.717) is 41.6 Å². The standard InChI is InChI=1S/C19H25N3O3/c1-4-10-24-13-16-18(20)22(23)17(11-14(2)3)19(21-16)25-12-15-8-6-5-7-9-15/h4-9,14H,1,10-13,20H2,2-3H3. The second-order valence-corrected chi connectivity index (χ2v) is 6.17. The Bertz CT molecular complexity index is 703. The van der Waals surface area contributed by atoms with Crippen molar-refractivity contribution in [2.24, 2.45) is 5.92 Å². The third kappa shape index (κ3) is 5.19. The number of rotatable bonds is 9. The molecule has 0 atom stereocenters. The van der Waals surface area contributed by atoms with Crippen LogP contribution in [-0.2, 0) is 24.4 Å². The largest absolute Gasteiger partial charge is 0.710 e. The first-order valence-corrected chi connectivity index (χ1v) is 8.29. The maximum Gasteiger partial charge on any atom is 0.300 e. The summed E-state index contributed by atoms with van der Waals surface area (Å²) in [7, 11) is 0. The van der Waals surface area contributed by atoms with E-state index in [1.54, 1.807) is 6.08 Å². The second kappa shape index (κ2) is 9.03. The lowest BCUT2D eigenvalue weighted by molar-refractivity contribution is -0.600. The molecule has 0 aliphatic rings. The van der Waals surface area contributed by atoms with E-state index in [2.05, 4.69) is 11.6 Å². The topological polar surface area (TPSA) is 84.3 Å². The first-order valence-electron chi connectivity index (χ1n) is 8.29. The highest BCUT2D eigenvalue weighted by Crippen LogP contribution is 2.21. The molecule has 0 saturated heterocycles. The maximum atomic E-state index is 12.6. The molecule has 1 aromatic heterocycles. The van der Waals surface area contributed by atoms with Crippen LogP contribution in [0.5, 0.6) is 5.88 Å². The van der Waals surface area contributed by atoms with Gasteiger partial charge in [-0.3, -0.25) is 5.73 Å². The number of benzene rings is 1. The lowest BCUT2D eigenvalue weighted by atomic mass is 10.1. The van der Waals surface area contributed by atoms with Gasteiger partial charge >= 0.3 is 0 Å². The Morgan fingerprint density at radius 1 is 1.28 bits per heavy atom. The second-order valence-electron chi connectivity index (χ2n) is 6.17. The molecular formula is C19H25N3O3. The first kappa shape index (κ1) is 18.7. The molecule has 0 unspecified atom stereocenters. The number of anilines is 1. The van der Waals surface area contributed by atoms with Crippen molar-refractivity contribution in [1.82, 2.24) is 4.98 Å². The zero-order chi connectivity index (χ0) is 18.2. The summed E-state index contributed by atoms with van der Waals surface area (Å²) >= 11 is 0. The third-order valence-electron chi connectivity index (χ3n) is 3.54. The van der Waals surface area contributed by atoms with Crippen LogP contribution >= 0.6 is 0 Å². The average Bonchev–Trinajstić information content (AvgIpc) is 2.60. The normalized spacial score (nSPS) is 10.8. The van der Waals surface area contributed by atoms with Crippen molar-refractivity contribution in [2.45, 2.75) is 33.5 Å². The van der Waals surface area contributed by atoms with Gasteiger partial charge in [0.1, 0.15) is 6.61 Å². The van der Waals surface area contributed by atoms with Crippen LogP contribution < -0.4 is 15.2 Å². The summed E-state index contributed by atoms with van der Waals surface area (Å²) < 4.78 is 11.9. The van der Waals surface area contributed by atoms with Crippen LogP contribution in [0.1, 0.15) is 30.8 Å². The first-order chi connectivity index (χ1) is 12.0. The van der Waals surface area contributed by atoms with Crippen molar-refractivity contribution in [2.75, 3.05) is 12.3 Å². The van der Waals surface area contributed by atoms with Gasteiger partial charge in [0.05, 0.1) is 13.2 Å². The zero-order valence-corrected chi connectivity index (χ0v) is 14.8. The number of nitrogen functional groups attached to an aromatic ring is 1. The van der Waals surface area contributed by atoms with Crippen molar-refractivity contribution in [3.8, 4) is 5.88 Å². The maximum absolute atomic E-state index is 12.6. The van der Waals surface area contributed by atoms with E-state index in [0.717, 1.165) is 5.56 Å². The van der Waals surface area contributed by atoms with Crippen LogP contribution in [-0.4, -0.2) is 11.6 Å². The molecule has 0 aliphatic heterocycles. The molecule has 0 spiro atoms. The Kier molecular flexibility index (Phi) is 6.77. The summed E-state index contributed by atoms with van der Waals surface area (Å²) in [5, 5.41) is 12.6. The molecule has 0 saturated carbocycles. The van der Waals surface area contributed by atoms with Crippen LogP contribution in [0.3, 0.4) is 0 Å². The molecule has 0 aliphatic carbocycles. The SMILES string of the molecule is C=CCOCc1nc(OCc2ccccc2)c(CC(C)C)[n+]([O-])c1N. The van der Waals surface area contributed by atoms with Crippen LogP contribution in [0.2, 0.25) is 0 Å². The summed E-state index contributed by atoms with van der Waals surface area (Å²) in [6.07, 6.45) is 2.15. The van der Waals surface area contributed by atoms with E-state index < -0.39 is 0 Å². The fraction of sp³-hybridized carbons (Fsp3) is 0.368. The third-order valence-corrected chi connectivity index (χ3v) is 3.54. The summed E-state index contributed by atoms with van der Waals surface area (Å²) in [6, 6.07) is 9.73. The van der Waals surface area contributed by atoms with Crippen LogP contribution in [0.25, 0.3) is 0 Å². The van der Waals surface area contributed by atoms with Crippen LogP contribution in [0.15, 0.2) is 43.0 Å². The molecule has 25 heavy (non-hydrogen) atoms. The number of nitrogens with two attached hydrogens (primary N) is 1. The van der Waals surface area contributed by atoms with Gasteiger partial charge in [0, 0.05) is 6.42 Å². The average molecular weight is 343 g/mol. The molecule has 6 nitrogen and oxygen atoms in total. The Balaban J connectivity index is 2.29. The van der Waals surface area contributed by atoms with Gasteiger partial charge < -0.3 is 14.7 Å². The van der Waals surface area contributed by atoms with Gasteiger partial charge in [-0.15, -0.1) is 6.58 Å². The van der Waals surface area contributed by atoms with E-state index in [1.807, 2.05) is 44.2 Å². The smallest absolute Gasteiger partial charge is 0.300 e. The predicted molar refractivity (Wildman–Crippen MR) is 96.8 cm³/mol. The van der Waals surface area contributed by atoms with Gasteiger partial charge in [0.2, 0.25) is 0 Å². The van der Waals surface area contributed by atoms with Crippen molar-refractivity contribution >= 4 is 5.82 Å². The number of ether oxygens (including phenoxy) is 2. The van der Waals surface area contributed by atoms with Gasteiger partial charge in [0.15, 0.2) is 11.4 Å². The summed E-state index contributed by atoms with van der Waals surface area (Å²) in [6.45, 7) is 8.46. The van der Waals surface area contributed by atoms with Gasteiger partial charge in [0.25, 0.3) is 11.7 Å². The molecular weight excluding hydrogens is 318 g/mol. The predicted octanol–water partition coefficient (Wildman–Crippen LogP) is 2.78. The monoisotopic (exact) mass is 343 g/mol. The molecule has 1 aromatic carbocycles. The van der Waals surface area contributed by atoms with E-state index in [4.69, 9.17) is 15.2 Å². The number of aromatic nitrogens is 2. The highest BCUT2D eigenvalue weighted by atomic mass is 16.5. The molecule has 0 bridgehead atoms. The van der Waals surface area contributed by atoms with Gasteiger partial charge in [-0.25, -0.2) is 9.71 Å². The Labute approximate surface area is 148 Å². The van der Waals surface area contributed by atoms with Gasteiger partial charge in [-0.05, 0) is 11.5 Å². The van der Waals surface area contributed by atoms with Crippen molar-refractivity contribution in [3.05, 3.63) is 65.1 Å². The fourth-order valence-electron chi connectivity index (χ4n) is 2.34. The van der Waals surface area contributed by atoms with Crippen molar-refractivity contribution < 1.29 is 14.2 Å². The molecule has 0 amide bonds. The summed E-state index contributed by atoms with van der Waals surface area (Å²) in [5.41, 5.74) is 7.75. The minimum atomic E-state index is 0.0479. The van der Waals surface area contributed by atoms with Crippen molar-refractivity contribution in [3.63, 3.8) is 0 Å². The number of nitrogens with zero attached hydrogens (tertiary/aromatic N) is 2. The zero-order valence-electron chi connectivity index (χ0n) is 14.8. The van der Waals surface area contributed by atoms with E-state index >= 15 is 0 Å². The Hall–Kier alpha value is -2.60. The van der Waals surface area contributed by atoms with Crippen molar-refractivity contribution in [1.29, 1.82) is 0 Å². The molecule has 2 N–H and O–H groups in total. The Morgan fingerprint density at radius 2 is 2.00 bits per heavy atom. The Morgan fingerprint density at radius 3 is 2.64 bits per heavy atom. The minimum Gasteiger partial charge on any atom is -0.710 e. The molecule has 1 heterocycles. The molecule has 0 fully saturated rings.